The Morgan fingerprint density at radius 3 is 2.63 bits per heavy atom. The molecule has 1 unspecified atom stereocenters. The van der Waals surface area contributed by atoms with Crippen molar-refractivity contribution in [3.05, 3.63) is 42.5 Å². The van der Waals surface area contributed by atoms with Crippen molar-refractivity contribution in [2.75, 3.05) is 13.7 Å². The van der Waals surface area contributed by atoms with E-state index in [2.05, 4.69) is 6.58 Å². The van der Waals surface area contributed by atoms with Gasteiger partial charge >= 0.3 is 12.8 Å². The first kappa shape index (κ1) is 15.8. The van der Waals surface area contributed by atoms with Gasteiger partial charge in [-0.1, -0.05) is 24.8 Å². The molecule has 0 saturated carbocycles. The van der Waals surface area contributed by atoms with Crippen LogP contribution in [-0.2, 0) is 20.5 Å². The van der Waals surface area contributed by atoms with Crippen molar-refractivity contribution in [1.29, 1.82) is 0 Å². The summed E-state index contributed by atoms with van der Waals surface area (Å²) in [6.45, 7) is 0.446. The average Bonchev–Trinajstić information content (AvgIpc) is 2.38. The minimum absolute atomic E-state index is 0.159. The highest BCUT2D eigenvalue weighted by Crippen LogP contribution is 2.41. The van der Waals surface area contributed by atoms with Gasteiger partial charge in [0.05, 0.1) is 24.7 Å². The SMILES string of the molecule is C=CCOC(=O)Cc1ccc(OP(=O)(Cl)[NH2+]C)cc1. The van der Waals surface area contributed by atoms with Gasteiger partial charge in [0.1, 0.15) is 12.4 Å². The van der Waals surface area contributed by atoms with Crippen LogP contribution in [0.1, 0.15) is 5.56 Å². The molecular formula is C12H16ClNO4P+. The van der Waals surface area contributed by atoms with E-state index in [0.717, 1.165) is 5.56 Å². The topological polar surface area (TPSA) is 69.2 Å². The number of benzene rings is 1. The number of rotatable bonds is 7. The zero-order valence-corrected chi connectivity index (χ0v) is 12.2. The van der Waals surface area contributed by atoms with Crippen molar-refractivity contribution in [3.8, 4) is 5.75 Å². The second-order valence-corrected chi connectivity index (χ2v) is 6.82. The molecule has 7 heteroatoms. The van der Waals surface area contributed by atoms with Crippen LogP contribution >= 0.6 is 18.1 Å². The van der Waals surface area contributed by atoms with Crippen molar-refractivity contribution in [1.82, 2.24) is 0 Å². The van der Waals surface area contributed by atoms with E-state index in [1.54, 1.807) is 31.3 Å². The number of halogens is 1. The maximum Gasteiger partial charge on any atom is 0.526 e. The molecule has 0 aromatic heterocycles. The van der Waals surface area contributed by atoms with Crippen molar-refractivity contribution in [3.63, 3.8) is 0 Å². The summed E-state index contributed by atoms with van der Waals surface area (Å²) in [4.78, 5) is 11.4. The monoisotopic (exact) mass is 304 g/mol. The fourth-order valence-corrected chi connectivity index (χ4v) is 1.99. The number of ether oxygens (including phenoxy) is 1. The minimum Gasteiger partial charge on any atom is -0.461 e. The Balaban J connectivity index is 2.59. The predicted molar refractivity (Wildman–Crippen MR) is 73.2 cm³/mol. The summed E-state index contributed by atoms with van der Waals surface area (Å²) in [5.74, 6) is 0.0538. The molecule has 1 atom stereocenters. The molecule has 0 fully saturated rings. The summed E-state index contributed by atoms with van der Waals surface area (Å²) < 4.78 is 21.5. The van der Waals surface area contributed by atoms with E-state index in [4.69, 9.17) is 20.5 Å². The van der Waals surface area contributed by atoms with Crippen molar-refractivity contribution in [2.24, 2.45) is 0 Å². The highest BCUT2D eigenvalue weighted by molar-refractivity contribution is 7.80. The zero-order valence-electron chi connectivity index (χ0n) is 10.5. The lowest BCUT2D eigenvalue weighted by Crippen LogP contribution is -2.73. The molecule has 0 spiro atoms. The lowest BCUT2D eigenvalue weighted by Gasteiger charge is -2.08. The van der Waals surface area contributed by atoms with E-state index < -0.39 is 6.87 Å². The number of esters is 1. The highest BCUT2D eigenvalue weighted by Gasteiger charge is 2.23. The number of carbonyl (C=O) groups excluding carboxylic acids is 1. The number of carbonyl (C=O) groups is 1. The van der Waals surface area contributed by atoms with E-state index in [-0.39, 0.29) is 19.0 Å². The van der Waals surface area contributed by atoms with Crippen LogP contribution in [0, 0.1) is 0 Å². The molecule has 1 aromatic rings. The van der Waals surface area contributed by atoms with Gasteiger partial charge in [0.2, 0.25) is 0 Å². The average molecular weight is 305 g/mol. The molecule has 0 radical (unpaired) electrons. The van der Waals surface area contributed by atoms with Gasteiger partial charge < -0.3 is 9.26 Å². The molecular weight excluding hydrogens is 289 g/mol. The molecule has 0 amide bonds. The van der Waals surface area contributed by atoms with E-state index >= 15 is 0 Å². The highest BCUT2D eigenvalue weighted by atomic mass is 35.7. The molecule has 0 saturated heterocycles. The largest absolute Gasteiger partial charge is 0.526 e. The zero-order chi connectivity index (χ0) is 14.3. The molecule has 0 heterocycles. The van der Waals surface area contributed by atoms with Crippen molar-refractivity contribution >= 4 is 24.1 Å². The van der Waals surface area contributed by atoms with Crippen LogP contribution in [0.5, 0.6) is 5.75 Å². The summed E-state index contributed by atoms with van der Waals surface area (Å²) in [6.07, 6.45) is 1.67. The van der Waals surface area contributed by atoms with Crippen molar-refractivity contribution in [2.45, 2.75) is 6.42 Å². The Morgan fingerprint density at radius 2 is 2.11 bits per heavy atom. The molecule has 1 rings (SSSR count). The van der Waals surface area contributed by atoms with Gasteiger partial charge in [-0.25, -0.2) is 4.57 Å². The summed E-state index contributed by atoms with van der Waals surface area (Å²) in [6, 6.07) is 6.59. The third kappa shape index (κ3) is 5.92. The van der Waals surface area contributed by atoms with Gasteiger partial charge in [-0.15, -0.1) is 0 Å². The maximum atomic E-state index is 11.5. The Labute approximate surface area is 116 Å². The predicted octanol–water partition coefficient (Wildman–Crippen LogP) is 1.88. The molecule has 0 bridgehead atoms. The Hall–Kier alpha value is -1.29. The minimum atomic E-state index is -3.21. The smallest absolute Gasteiger partial charge is 0.461 e. The lowest BCUT2D eigenvalue weighted by atomic mass is 10.1. The van der Waals surface area contributed by atoms with E-state index in [1.165, 1.54) is 11.2 Å². The first-order valence-corrected chi connectivity index (χ1v) is 8.21. The van der Waals surface area contributed by atoms with Crippen LogP contribution in [0.4, 0.5) is 0 Å². The molecule has 19 heavy (non-hydrogen) atoms. The van der Waals surface area contributed by atoms with Gasteiger partial charge in [-0.05, 0) is 17.7 Å². The third-order valence-corrected chi connectivity index (χ3v) is 4.04. The van der Waals surface area contributed by atoms with Crippen LogP contribution in [-0.4, -0.2) is 19.6 Å². The van der Waals surface area contributed by atoms with Crippen LogP contribution < -0.4 is 9.61 Å². The molecule has 2 N–H and O–H groups in total. The van der Waals surface area contributed by atoms with Gasteiger partial charge in [0, 0.05) is 0 Å². The quantitative estimate of drug-likeness (QED) is 0.474. The summed E-state index contributed by atoms with van der Waals surface area (Å²) >= 11 is 5.63. The number of hydrogen-bond acceptors (Lipinski definition) is 4. The molecule has 0 aliphatic rings. The summed E-state index contributed by atoms with van der Waals surface area (Å²) in [5.41, 5.74) is 0.770. The summed E-state index contributed by atoms with van der Waals surface area (Å²) in [5, 5.41) is 1.31. The Kier molecular flexibility index (Phi) is 6.09. The number of nitrogens with two attached hydrogens (primary N) is 1. The van der Waals surface area contributed by atoms with E-state index in [1.807, 2.05) is 0 Å². The van der Waals surface area contributed by atoms with Crippen molar-refractivity contribution < 1.29 is 23.7 Å². The summed E-state index contributed by atoms with van der Waals surface area (Å²) in [7, 11) is 1.57. The van der Waals surface area contributed by atoms with Crippen LogP contribution in [0.2, 0.25) is 0 Å². The molecule has 0 aliphatic carbocycles. The van der Waals surface area contributed by atoms with E-state index in [0.29, 0.717) is 5.75 Å². The van der Waals surface area contributed by atoms with Crippen LogP contribution in [0.25, 0.3) is 0 Å². The normalized spacial score (nSPS) is 13.4. The fraction of sp³-hybridized carbons (Fsp3) is 0.250. The number of quaternary nitrogens is 1. The van der Waals surface area contributed by atoms with Gasteiger partial charge in [0.25, 0.3) is 0 Å². The molecule has 0 aliphatic heterocycles. The van der Waals surface area contributed by atoms with Crippen LogP contribution in [0.3, 0.4) is 0 Å². The maximum absolute atomic E-state index is 11.5. The molecule has 104 valence electrons. The first-order valence-electron chi connectivity index (χ1n) is 5.62. The van der Waals surface area contributed by atoms with E-state index in [9.17, 15) is 9.36 Å². The fourth-order valence-electron chi connectivity index (χ4n) is 1.23. The third-order valence-electron chi connectivity index (χ3n) is 2.17. The second-order valence-electron chi connectivity index (χ2n) is 3.66. The lowest BCUT2D eigenvalue weighted by molar-refractivity contribution is -0.474. The Bertz CT molecular complexity index is 489. The van der Waals surface area contributed by atoms with Gasteiger partial charge in [-0.2, -0.15) is 0 Å². The second kappa shape index (κ2) is 7.34. The van der Waals surface area contributed by atoms with Gasteiger partial charge in [0.15, 0.2) is 0 Å². The standard InChI is InChI=1S/C12H15ClNO4P/c1-3-8-17-12(15)9-10-4-6-11(7-5-10)18-19(13,16)14-2/h3-7H,1,8-9H2,2H3,(H,14,16)/p+1. The Morgan fingerprint density at radius 1 is 1.47 bits per heavy atom. The molecule has 5 nitrogen and oxygen atoms in total. The van der Waals surface area contributed by atoms with Gasteiger partial charge in [-0.3, -0.25) is 9.88 Å². The van der Waals surface area contributed by atoms with Crippen LogP contribution in [0.15, 0.2) is 36.9 Å². The first-order chi connectivity index (χ1) is 8.96. The number of hydrogen-bond donors (Lipinski definition) is 1. The molecule has 1 aromatic carbocycles.